The van der Waals surface area contributed by atoms with Crippen LogP contribution in [0.1, 0.15) is 29.2 Å². The number of halogens is 2. The van der Waals surface area contributed by atoms with E-state index < -0.39 is 0 Å². The first-order chi connectivity index (χ1) is 16.6. The number of anilines is 1. The van der Waals surface area contributed by atoms with Gasteiger partial charge in [0.25, 0.3) is 0 Å². The quantitative estimate of drug-likeness (QED) is 0.220. The maximum atomic E-state index is 6.17. The molecule has 1 aromatic heterocycles. The van der Waals surface area contributed by atoms with Gasteiger partial charge in [-0.25, -0.2) is 9.99 Å². The van der Waals surface area contributed by atoms with Crippen molar-refractivity contribution in [1.29, 1.82) is 0 Å². The van der Waals surface area contributed by atoms with E-state index in [9.17, 15) is 0 Å². The molecule has 6 rings (SSSR count). The molecule has 1 atom stereocenters. The predicted molar refractivity (Wildman–Crippen MR) is 154 cm³/mol. The van der Waals surface area contributed by atoms with E-state index >= 15 is 0 Å². The molecule has 4 aromatic carbocycles. The predicted octanol–water partition coefficient (Wildman–Crippen LogP) is 8.86. The van der Waals surface area contributed by atoms with Gasteiger partial charge < -0.3 is 0 Å². The second kappa shape index (κ2) is 9.94. The van der Waals surface area contributed by atoms with Gasteiger partial charge in [-0.05, 0) is 47.0 Å². The van der Waals surface area contributed by atoms with Crippen molar-refractivity contribution in [2.24, 2.45) is 5.10 Å². The zero-order chi connectivity index (χ0) is 23.1. The van der Waals surface area contributed by atoms with Crippen LogP contribution in [0, 0.1) is 6.92 Å². The van der Waals surface area contributed by atoms with E-state index in [2.05, 4.69) is 96.2 Å². The lowest BCUT2D eigenvalue weighted by Crippen LogP contribution is -2.18. The van der Waals surface area contributed by atoms with Gasteiger partial charge in [0.1, 0.15) is 0 Å². The molecule has 0 spiro atoms. The lowest BCUT2D eigenvalue weighted by molar-refractivity contribution is 0.706. The summed E-state index contributed by atoms with van der Waals surface area (Å²) >= 11 is 7.80. The van der Waals surface area contributed by atoms with Crippen LogP contribution in [0.5, 0.6) is 0 Å². The van der Waals surface area contributed by atoms with Crippen molar-refractivity contribution in [3.05, 3.63) is 118 Å². The Kier molecular flexibility index (Phi) is 6.74. The minimum Gasteiger partial charge on any atom is -0.231 e. The van der Waals surface area contributed by atoms with Crippen LogP contribution in [-0.4, -0.2) is 10.7 Å². The van der Waals surface area contributed by atoms with Crippen molar-refractivity contribution in [1.82, 2.24) is 4.98 Å². The Bertz CT molecular complexity index is 1510. The van der Waals surface area contributed by atoms with Crippen molar-refractivity contribution >= 4 is 61.5 Å². The summed E-state index contributed by atoms with van der Waals surface area (Å²) in [5.74, 6) is 0. The highest BCUT2D eigenvalue weighted by Gasteiger charge is 2.31. The van der Waals surface area contributed by atoms with Crippen molar-refractivity contribution in [2.75, 3.05) is 5.01 Å². The SMILES string of the molecule is Br.Cc1ccc(C2=NN(c3nc(-c4ccc5ccccc5c4)cs3)C(c3ccc(Cl)cc3)C2)cc1. The van der Waals surface area contributed by atoms with Crippen LogP contribution in [0.2, 0.25) is 5.02 Å². The molecule has 5 aromatic rings. The van der Waals surface area contributed by atoms with E-state index in [-0.39, 0.29) is 23.0 Å². The van der Waals surface area contributed by atoms with E-state index in [1.54, 1.807) is 11.3 Å². The van der Waals surface area contributed by atoms with E-state index in [1.165, 1.54) is 21.9 Å². The van der Waals surface area contributed by atoms with Gasteiger partial charge >= 0.3 is 0 Å². The van der Waals surface area contributed by atoms with Gasteiger partial charge in [0.05, 0.1) is 17.4 Å². The van der Waals surface area contributed by atoms with Gasteiger partial charge in [-0.3, -0.25) is 0 Å². The monoisotopic (exact) mass is 559 g/mol. The Hall–Kier alpha value is -2.99. The molecule has 1 unspecified atom stereocenters. The molecular formula is C29H23BrClN3S. The van der Waals surface area contributed by atoms with Crippen LogP contribution in [0.3, 0.4) is 0 Å². The molecule has 3 nitrogen and oxygen atoms in total. The van der Waals surface area contributed by atoms with Gasteiger partial charge in [0.2, 0.25) is 5.13 Å². The van der Waals surface area contributed by atoms with Crippen molar-refractivity contribution in [2.45, 2.75) is 19.4 Å². The number of thiazole rings is 1. The minimum absolute atomic E-state index is 0. The number of benzene rings is 4. The summed E-state index contributed by atoms with van der Waals surface area (Å²) in [6.45, 7) is 2.10. The molecule has 6 heteroatoms. The van der Waals surface area contributed by atoms with Crippen molar-refractivity contribution < 1.29 is 0 Å². The standard InChI is InChI=1S/C29H22ClN3S.BrH/c1-19-6-8-21(9-7-19)26-17-28(22-12-14-25(30)15-13-22)33(32-26)29-31-27(18-34-29)24-11-10-20-4-2-3-5-23(20)16-24;/h2-16,18,28H,17H2,1H3;1H. The Labute approximate surface area is 224 Å². The van der Waals surface area contributed by atoms with E-state index in [0.717, 1.165) is 39.1 Å². The number of hydrazone groups is 1. The third kappa shape index (κ3) is 4.76. The van der Waals surface area contributed by atoms with E-state index in [4.69, 9.17) is 21.7 Å². The third-order valence-electron chi connectivity index (χ3n) is 6.28. The summed E-state index contributed by atoms with van der Waals surface area (Å²) in [7, 11) is 0. The Morgan fingerprint density at radius 2 is 1.57 bits per heavy atom. The summed E-state index contributed by atoms with van der Waals surface area (Å²) in [6.07, 6.45) is 0.815. The third-order valence-corrected chi connectivity index (χ3v) is 7.37. The average Bonchev–Trinajstić information content (AvgIpc) is 3.53. The molecule has 1 aliphatic rings. The first-order valence-corrected chi connectivity index (χ1v) is 12.5. The van der Waals surface area contributed by atoms with Crippen LogP contribution >= 0.6 is 39.9 Å². The summed E-state index contributed by atoms with van der Waals surface area (Å²) < 4.78 is 0. The van der Waals surface area contributed by atoms with E-state index in [0.29, 0.717) is 0 Å². The summed E-state index contributed by atoms with van der Waals surface area (Å²) in [4.78, 5) is 5.02. The number of aryl methyl sites for hydroxylation is 1. The molecule has 0 saturated heterocycles. The van der Waals surface area contributed by atoms with Crippen molar-refractivity contribution in [3.63, 3.8) is 0 Å². The number of aromatic nitrogens is 1. The Morgan fingerprint density at radius 3 is 2.34 bits per heavy atom. The second-order valence-corrected chi connectivity index (χ2v) is 9.88. The highest BCUT2D eigenvalue weighted by atomic mass is 79.9. The van der Waals surface area contributed by atoms with Gasteiger partial charge in [-0.15, -0.1) is 28.3 Å². The van der Waals surface area contributed by atoms with Gasteiger partial charge in [0, 0.05) is 22.4 Å². The number of hydrogen-bond acceptors (Lipinski definition) is 4. The molecule has 0 bridgehead atoms. The average molecular weight is 561 g/mol. The highest BCUT2D eigenvalue weighted by molar-refractivity contribution is 8.93. The van der Waals surface area contributed by atoms with Crippen molar-refractivity contribution in [3.8, 4) is 11.3 Å². The number of hydrogen-bond donors (Lipinski definition) is 0. The molecule has 0 N–H and O–H groups in total. The fourth-order valence-electron chi connectivity index (χ4n) is 4.40. The highest BCUT2D eigenvalue weighted by Crippen LogP contribution is 2.40. The van der Waals surface area contributed by atoms with Gasteiger partial charge in [-0.1, -0.05) is 90.0 Å². The summed E-state index contributed by atoms with van der Waals surface area (Å²) in [6, 6.07) is 31.6. The molecule has 2 heterocycles. The van der Waals surface area contributed by atoms with Crippen LogP contribution in [-0.2, 0) is 0 Å². The Morgan fingerprint density at radius 1 is 0.857 bits per heavy atom. The molecule has 1 aliphatic heterocycles. The number of nitrogens with zero attached hydrogens (tertiary/aromatic N) is 3. The summed E-state index contributed by atoms with van der Waals surface area (Å²) in [5.41, 5.74) is 6.73. The zero-order valence-electron chi connectivity index (χ0n) is 19.1. The first kappa shape index (κ1) is 23.7. The van der Waals surface area contributed by atoms with Crippen LogP contribution in [0.4, 0.5) is 5.13 Å². The first-order valence-electron chi connectivity index (χ1n) is 11.3. The topological polar surface area (TPSA) is 28.5 Å². The fourth-order valence-corrected chi connectivity index (χ4v) is 5.36. The molecule has 0 aliphatic carbocycles. The molecule has 0 radical (unpaired) electrons. The molecule has 0 saturated carbocycles. The lowest BCUT2D eigenvalue weighted by Gasteiger charge is -2.21. The van der Waals surface area contributed by atoms with Crippen LogP contribution in [0.25, 0.3) is 22.0 Å². The lowest BCUT2D eigenvalue weighted by atomic mass is 9.98. The maximum Gasteiger partial charge on any atom is 0.207 e. The fraction of sp³-hybridized carbons (Fsp3) is 0.103. The van der Waals surface area contributed by atoms with Crippen LogP contribution in [0.15, 0.2) is 101 Å². The molecule has 0 amide bonds. The minimum atomic E-state index is 0. The molecule has 174 valence electrons. The second-order valence-electron chi connectivity index (χ2n) is 8.61. The number of fused-ring (bicyclic) bond motifs is 1. The molecule has 35 heavy (non-hydrogen) atoms. The maximum absolute atomic E-state index is 6.17. The molecule has 0 fully saturated rings. The Balaban J connectivity index is 0.00000253. The van der Waals surface area contributed by atoms with Gasteiger partial charge in [-0.2, -0.15) is 5.10 Å². The molecular weight excluding hydrogens is 538 g/mol. The zero-order valence-corrected chi connectivity index (χ0v) is 22.3. The normalized spacial score (nSPS) is 15.2. The largest absolute Gasteiger partial charge is 0.231 e. The van der Waals surface area contributed by atoms with Gasteiger partial charge in [0.15, 0.2) is 0 Å². The van der Waals surface area contributed by atoms with Crippen LogP contribution < -0.4 is 5.01 Å². The summed E-state index contributed by atoms with van der Waals surface area (Å²) in [5, 5.41) is 13.3. The smallest absolute Gasteiger partial charge is 0.207 e. The van der Waals surface area contributed by atoms with E-state index in [1.807, 2.05) is 12.1 Å². The number of rotatable bonds is 4.